The molecule has 0 unspecified atom stereocenters. The average molecular weight is 496 g/mol. The Kier molecular flexibility index (Phi) is 6.22. The molecule has 2 aliphatic rings. The zero-order chi connectivity index (χ0) is 23.7. The van der Waals surface area contributed by atoms with E-state index in [0.717, 1.165) is 11.3 Å². The molecule has 0 radical (unpaired) electrons. The van der Waals surface area contributed by atoms with Crippen molar-refractivity contribution in [3.63, 3.8) is 0 Å². The van der Waals surface area contributed by atoms with E-state index in [1.807, 2.05) is 54.6 Å². The van der Waals surface area contributed by atoms with Gasteiger partial charge in [-0.25, -0.2) is 13.4 Å². The third-order valence-corrected chi connectivity index (χ3v) is 8.20. The van der Waals surface area contributed by atoms with Crippen LogP contribution in [-0.4, -0.2) is 50.6 Å². The predicted octanol–water partition coefficient (Wildman–Crippen LogP) is 4.03. The summed E-state index contributed by atoms with van der Waals surface area (Å²) in [5.41, 5.74) is 3.08. The van der Waals surface area contributed by atoms with E-state index in [4.69, 9.17) is 16.3 Å². The summed E-state index contributed by atoms with van der Waals surface area (Å²) in [6, 6.07) is 21.7. The Morgan fingerprint density at radius 1 is 0.941 bits per heavy atom. The summed E-state index contributed by atoms with van der Waals surface area (Å²) in [6.07, 6.45) is 0. The van der Waals surface area contributed by atoms with Crippen molar-refractivity contribution in [2.45, 2.75) is 11.4 Å². The Morgan fingerprint density at radius 2 is 1.65 bits per heavy atom. The molecule has 0 N–H and O–H groups in total. The molecule has 1 saturated heterocycles. The monoisotopic (exact) mass is 495 g/mol. The Labute approximate surface area is 203 Å². The molecule has 1 fully saturated rings. The molecule has 1 amide bonds. The molecule has 9 heteroatoms. The van der Waals surface area contributed by atoms with Crippen LogP contribution in [0.1, 0.15) is 11.1 Å². The molecule has 5 rings (SSSR count). The van der Waals surface area contributed by atoms with E-state index in [-0.39, 0.29) is 34.6 Å². The second kappa shape index (κ2) is 9.31. The van der Waals surface area contributed by atoms with Gasteiger partial charge in [0.1, 0.15) is 10.6 Å². The number of aliphatic imine (C=N–C) groups is 1. The van der Waals surface area contributed by atoms with E-state index in [0.29, 0.717) is 31.0 Å². The maximum absolute atomic E-state index is 13.4. The van der Waals surface area contributed by atoms with E-state index in [1.165, 1.54) is 16.4 Å². The summed E-state index contributed by atoms with van der Waals surface area (Å²) in [5.74, 6) is -0.238. The lowest BCUT2D eigenvalue weighted by atomic mass is 10.1. The van der Waals surface area contributed by atoms with Gasteiger partial charge in [-0.15, -0.1) is 0 Å². The first-order valence-corrected chi connectivity index (χ1v) is 12.7. The van der Waals surface area contributed by atoms with Crippen molar-refractivity contribution in [1.29, 1.82) is 0 Å². The van der Waals surface area contributed by atoms with Crippen LogP contribution in [0.2, 0.25) is 5.02 Å². The molecular formula is C25H22ClN3O4S. The zero-order valence-corrected chi connectivity index (χ0v) is 19.8. The topological polar surface area (TPSA) is 79.3 Å². The molecule has 0 aromatic heterocycles. The van der Waals surface area contributed by atoms with Crippen molar-refractivity contribution in [2.24, 2.45) is 4.99 Å². The third kappa shape index (κ3) is 4.25. The quantitative estimate of drug-likeness (QED) is 0.535. The first-order chi connectivity index (χ1) is 16.4. The van der Waals surface area contributed by atoms with Gasteiger partial charge in [0.25, 0.3) is 5.91 Å². The fourth-order valence-corrected chi connectivity index (χ4v) is 6.01. The lowest BCUT2D eigenvalue weighted by molar-refractivity contribution is -0.112. The van der Waals surface area contributed by atoms with Crippen molar-refractivity contribution in [1.82, 2.24) is 4.31 Å². The Bertz CT molecular complexity index is 1370. The second-order valence-corrected chi connectivity index (χ2v) is 10.3. The number of carbonyl (C=O) groups is 1. The molecule has 3 aromatic rings. The number of hydrogen-bond donors (Lipinski definition) is 0. The van der Waals surface area contributed by atoms with E-state index in [1.54, 1.807) is 11.0 Å². The van der Waals surface area contributed by atoms with E-state index in [2.05, 4.69) is 4.99 Å². The highest BCUT2D eigenvalue weighted by Gasteiger charge is 2.34. The highest BCUT2D eigenvalue weighted by atomic mass is 35.5. The number of ether oxygens (including phenoxy) is 1. The highest BCUT2D eigenvalue weighted by molar-refractivity contribution is 7.89. The lowest BCUT2D eigenvalue weighted by Gasteiger charge is -2.26. The number of carbonyl (C=O) groups excluding carboxylic acids is 1. The van der Waals surface area contributed by atoms with Gasteiger partial charge in [-0.1, -0.05) is 60.1 Å². The number of rotatable bonds is 5. The van der Waals surface area contributed by atoms with Gasteiger partial charge in [-0.05, 0) is 29.8 Å². The van der Waals surface area contributed by atoms with Crippen LogP contribution >= 0.6 is 11.6 Å². The second-order valence-electron chi connectivity index (χ2n) is 7.99. The van der Waals surface area contributed by atoms with Crippen molar-refractivity contribution < 1.29 is 17.9 Å². The largest absolute Gasteiger partial charge is 0.379 e. The Hall–Kier alpha value is -3.04. The average Bonchev–Trinajstić information content (AvgIpc) is 3.12. The number of anilines is 1. The van der Waals surface area contributed by atoms with Gasteiger partial charge >= 0.3 is 0 Å². The molecule has 3 aromatic carbocycles. The molecule has 0 aliphatic carbocycles. The molecule has 34 heavy (non-hydrogen) atoms. The molecule has 174 valence electrons. The van der Waals surface area contributed by atoms with Crippen LogP contribution < -0.4 is 4.90 Å². The number of sulfonamides is 1. The van der Waals surface area contributed by atoms with Crippen LogP contribution in [0.25, 0.3) is 0 Å². The Morgan fingerprint density at radius 3 is 2.41 bits per heavy atom. The van der Waals surface area contributed by atoms with Gasteiger partial charge in [0.15, 0.2) is 0 Å². The molecule has 2 aliphatic heterocycles. The number of morpholine rings is 1. The summed E-state index contributed by atoms with van der Waals surface area (Å²) >= 11 is 6.28. The standard InChI is InChI=1S/C25H22ClN3O4S/c26-21-11-10-19(16-23(21)34(31,32)28-12-14-33-15-13-28)27-24-20-8-4-5-9-22(20)29(25(24)30)17-18-6-2-1-3-7-18/h1-11,16H,12-15,17H2. The molecule has 2 heterocycles. The van der Waals surface area contributed by atoms with Crippen molar-refractivity contribution in [3.05, 3.63) is 88.9 Å². The van der Waals surface area contributed by atoms with Gasteiger partial charge < -0.3 is 9.64 Å². The minimum atomic E-state index is -3.82. The first-order valence-electron chi connectivity index (χ1n) is 10.9. The maximum Gasteiger partial charge on any atom is 0.277 e. The normalized spacial score (nSPS) is 17.9. The Balaban J connectivity index is 1.52. The SMILES string of the molecule is O=C1C(=Nc2ccc(Cl)c(S(=O)(=O)N3CCOCC3)c2)c2ccccc2N1Cc1ccccc1. The summed E-state index contributed by atoms with van der Waals surface area (Å²) in [6.45, 7) is 1.60. The zero-order valence-electron chi connectivity index (χ0n) is 18.2. The van der Waals surface area contributed by atoms with E-state index in [9.17, 15) is 13.2 Å². The van der Waals surface area contributed by atoms with Gasteiger partial charge in [0.2, 0.25) is 10.0 Å². The number of para-hydroxylation sites is 1. The minimum absolute atomic E-state index is 0.0298. The van der Waals surface area contributed by atoms with Gasteiger partial charge in [0.05, 0.1) is 36.2 Å². The minimum Gasteiger partial charge on any atom is -0.379 e. The summed E-state index contributed by atoms with van der Waals surface area (Å²) in [5, 5.41) is 0.110. The first kappa shape index (κ1) is 22.7. The van der Waals surface area contributed by atoms with Crippen molar-refractivity contribution >= 4 is 44.6 Å². The molecule has 0 saturated carbocycles. The van der Waals surface area contributed by atoms with Crippen LogP contribution in [0.4, 0.5) is 11.4 Å². The molecular weight excluding hydrogens is 474 g/mol. The number of benzene rings is 3. The molecule has 0 spiro atoms. The lowest BCUT2D eigenvalue weighted by Crippen LogP contribution is -2.40. The summed E-state index contributed by atoms with van der Waals surface area (Å²) in [4.78, 5) is 19.6. The van der Waals surface area contributed by atoms with Gasteiger partial charge in [0, 0.05) is 18.7 Å². The van der Waals surface area contributed by atoms with Crippen LogP contribution in [0.15, 0.2) is 82.7 Å². The maximum atomic E-state index is 13.4. The van der Waals surface area contributed by atoms with Crippen LogP contribution in [0, 0.1) is 0 Å². The third-order valence-electron chi connectivity index (χ3n) is 5.82. The fraction of sp³-hybridized carbons (Fsp3) is 0.200. The smallest absolute Gasteiger partial charge is 0.277 e. The number of fused-ring (bicyclic) bond motifs is 1. The number of hydrogen-bond acceptors (Lipinski definition) is 5. The molecule has 0 atom stereocenters. The van der Waals surface area contributed by atoms with Gasteiger partial charge in [-0.2, -0.15) is 4.31 Å². The van der Waals surface area contributed by atoms with Crippen molar-refractivity contribution in [2.75, 3.05) is 31.2 Å². The number of halogens is 1. The van der Waals surface area contributed by atoms with E-state index < -0.39 is 10.0 Å². The molecule has 0 bridgehead atoms. The van der Waals surface area contributed by atoms with E-state index >= 15 is 0 Å². The summed E-state index contributed by atoms with van der Waals surface area (Å²) < 4.78 is 33.0. The van der Waals surface area contributed by atoms with Crippen LogP contribution in [0.5, 0.6) is 0 Å². The highest BCUT2D eigenvalue weighted by Crippen LogP contribution is 2.34. The number of nitrogens with zero attached hydrogens (tertiary/aromatic N) is 3. The fourth-order valence-electron chi connectivity index (χ4n) is 4.11. The van der Waals surface area contributed by atoms with Crippen LogP contribution in [0.3, 0.4) is 0 Å². The van der Waals surface area contributed by atoms with Gasteiger partial charge in [-0.3, -0.25) is 4.79 Å². The number of amides is 1. The summed E-state index contributed by atoms with van der Waals surface area (Å²) in [7, 11) is -3.82. The predicted molar refractivity (Wildman–Crippen MR) is 131 cm³/mol. The van der Waals surface area contributed by atoms with Crippen molar-refractivity contribution in [3.8, 4) is 0 Å². The van der Waals surface area contributed by atoms with Crippen LogP contribution in [-0.2, 0) is 26.1 Å². The molecule has 7 nitrogen and oxygen atoms in total.